The fraction of sp³-hybridized carbons (Fsp3) is 0.250. The normalized spacial score (nSPS) is 10.2. The van der Waals surface area contributed by atoms with Gasteiger partial charge >= 0.3 is 0 Å². The van der Waals surface area contributed by atoms with Gasteiger partial charge in [0.15, 0.2) is 11.5 Å². The Bertz CT molecular complexity index is 662. The van der Waals surface area contributed by atoms with Crippen LogP contribution in [0.15, 0.2) is 30.3 Å². The molecule has 0 aliphatic heterocycles. The second-order valence-electron chi connectivity index (χ2n) is 4.52. The van der Waals surface area contributed by atoms with Crippen molar-refractivity contribution in [3.8, 4) is 17.2 Å². The fourth-order valence-corrected chi connectivity index (χ4v) is 2.62. The summed E-state index contributed by atoms with van der Waals surface area (Å²) in [7, 11) is 4.72. The van der Waals surface area contributed by atoms with Crippen molar-refractivity contribution >= 4 is 28.9 Å². The minimum absolute atomic E-state index is 0.506. The first kappa shape index (κ1) is 16.6. The molecule has 0 aliphatic carbocycles. The Balaban J connectivity index is 2.14. The number of nitrogens with one attached hydrogen (secondary N) is 1. The minimum Gasteiger partial charge on any atom is -0.495 e. The van der Waals surface area contributed by atoms with Crippen molar-refractivity contribution in [2.75, 3.05) is 26.6 Å². The summed E-state index contributed by atoms with van der Waals surface area (Å²) >= 11 is 12.3. The first-order chi connectivity index (χ1) is 10.6. The predicted octanol–water partition coefficient (Wildman–Crippen LogP) is 4.63. The molecule has 0 fully saturated rings. The van der Waals surface area contributed by atoms with Crippen molar-refractivity contribution in [3.05, 3.63) is 45.9 Å². The smallest absolute Gasteiger partial charge is 0.179 e. The van der Waals surface area contributed by atoms with Gasteiger partial charge in [-0.25, -0.2) is 0 Å². The molecule has 0 amide bonds. The summed E-state index contributed by atoms with van der Waals surface area (Å²) < 4.78 is 15.6. The average molecular weight is 342 g/mol. The minimum atomic E-state index is 0.506. The molecule has 0 unspecified atom stereocenters. The molecule has 0 radical (unpaired) electrons. The van der Waals surface area contributed by atoms with Gasteiger partial charge in [0.2, 0.25) is 0 Å². The first-order valence-electron chi connectivity index (χ1n) is 6.56. The SMILES string of the molecule is COc1ccc(NCc2cc(Cl)c(OC)c(OC)c2)cc1Cl. The second-order valence-corrected chi connectivity index (χ2v) is 5.33. The summed E-state index contributed by atoms with van der Waals surface area (Å²) in [6, 6.07) is 9.23. The number of anilines is 1. The van der Waals surface area contributed by atoms with Crippen LogP contribution in [0.1, 0.15) is 5.56 Å². The Kier molecular flexibility index (Phi) is 5.63. The van der Waals surface area contributed by atoms with E-state index in [1.54, 1.807) is 21.3 Å². The Morgan fingerprint density at radius 3 is 2.18 bits per heavy atom. The molecule has 2 rings (SSSR count). The summed E-state index contributed by atoms with van der Waals surface area (Å²) in [5, 5.41) is 4.33. The van der Waals surface area contributed by atoms with E-state index in [0.29, 0.717) is 33.8 Å². The van der Waals surface area contributed by atoms with Crippen molar-refractivity contribution < 1.29 is 14.2 Å². The molecule has 0 saturated carbocycles. The van der Waals surface area contributed by atoms with E-state index in [2.05, 4.69) is 5.32 Å². The summed E-state index contributed by atoms with van der Waals surface area (Å²) in [5.41, 5.74) is 1.85. The van der Waals surface area contributed by atoms with E-state index in [-0.39, 0.29) is 0 Å². The Morgan fingerprint density at radius 2 is 1.59 bits per heavy atom. The summed E-state index contributed by atoms with van der Waals surface area (Å²) in [6.07, 6.45) is 0. The topological polar surface area (TPSA) is 39.7 Å². The first-order valence-corrected chi connectivity index (χ1v) is 7.32. The number of ether oxygens (including phenoxy) is 3. The van der Waals surface area contributed by atoms with E-state index in [0.717, 1.165) is 11.3 Å². The largest absolute Gasteiger partial charge is 0.495 e. The molecular formula is C16H17Cl2NO3. The van der Waals surface area contributed by atoms with Gasteiger partial charge in [0.25, 0.3) is 0 Å². The highest BCUT2D eigenvalue weighted by Crippen LogP contribution is 2.36. The molecule has 0 spiro atoms. The van der Waals surface area contributed by atoms with Crippen LogP contribution >= 0.6 is 23.2 Å². The Labute approximate surface area is 139 Å². The molecule has 0 saturated heterocycles. The highest BCUT2D eigenvalue weighted by atomic mass is 35.5. The van der Waals surface area contributed by atoms with E-state index < -0.39 is 0 Å². The van der Waals surface area contributed by atoms with Gasteiger partial charge in [-0.05, 0) is 35.9 Å². The predicted molar refractivity (Wildman–Crippen MR) is 89.9 cm³/mol. The number of halogens is 2. The van der Waals surface area contributed by atoms with Gasteiger partial charge in [0, 0.05) is 12.2 Å². The van der Waals surface area contributed by atoms with Gasteiger partial charge in [0.05, 0.1) is 31.4 Å². The lowest BCUT2D eigenvalue weighted by molar-refractivity contribution is 0.355. The molecule has 4 nitrogen and oxygen atoms in total. The van der Waals surface area contributed by atoms with Crippen LogP contribution in [0.2, 0.25) is 10.0 Å². The zero-order valence-corrected chi connectivity index (χ0v) is 14.1. The second kappa shape index (κ2) is 7.47. The maximum absolute atomic E-state index is 6.19. The molecule has 0 aromatic heterocycles. The van der Waals surface area contributed by atoms with Crippen molar-refractivity contribution in [2.45, 2.75) is 6.54 Å². The van der Waals surface area contributed by atoms with Crippen LogP contribution < -0.4 is 19.5 Å². The van der Waals surface area contributed by atoms with Gasteiger partial charge in [-0.15, -0.1) is 0 Å². The molecule has 0 bridgehead atoms. The van der Waals surface area contributed by atoms with Crippen molar-refractivity contribution in [3.63, 3.8) is 0 Å². The van der Waals surface area contributed by atoms with Crippen LogP contribution in [0.4, 0.5) is 5.69 Å². The molecule has 1 N–H and O–H groups in total. The van der Waals surface area contributed by atoms with Crippen LogP contribution in [0.25, 0.3) is 0 Å². The van der Waals surface area contributed by atoms with Gasteiger partial charge in [-0.2, -0.15) is 0 Å². The summed E-state index contributed by atoms with van der Waals surface area (Å²) in [6.45, 7) is 0.572. The molecular weight excluding hydrogens is 325 g/mol. The summed E-state index contributed by atoms with van der Waals surface area (Å²) in [5.74, 6) is 1.77. The third kappa shape index (κ3) is 3.70. The van der Waals surface area contributed by atoms with E-state index >= 15 is 0 Å². The molecule has 0 heterocycles. The lowest BCUT2D eigenvalue weighted by atomic mass is 10.2. The van der Waals surface area contributed by atoms with E-state index in [9.17, 15) is 0 Å². The van der Waals surface area contributed by atoms with Crippen molar-refractivity contribution in [1.82, 2.24) is 0 Å². The maximum atomic E-state index is 6.19. The van der Waals surface area contributed by atoms with Gasteiger partial charge in [-0.1, -0.05) is 23.2 Å². The van der Waals surface area contributed by atoms with E-state index in [4.69, 9.17) is 37.4 Å². The van der Waals surface area contributed by atoms with Crippen molar-refractivity contribution in [2.24, 2.45) is 0 Å². The lowest BCUT2D eigenvalue weighted by Gasteiger charge is -2.13. The average Bonchev–Trinajstić information content (AvgIpc) is 2.52. The molecule has 118 valence electrons. The molecule has 22 heavy (non-hydrogen) atoms. The monoisotopic (exact) mass is 341 g/mol. The van der Waals surface area contributed by atoms with E-state index in [1.165, 1.54) is 0 Å². The molecule has 0 aliphatic rings. The number of rotatable bonds is 6. The van der Waals surface area contributed by atoms with Crippen LogP contribution in [-0.4, -0.2) is 21.3 Å². The van der Waals surface area contributed by atoms with E-state index in [1.807, 2.05) is 30.3 Å². The highest BCUT2D eigenvalue weighted by molar-refractivity contribution is 6.32. The van der Waals surface area contributed by atoms with Gasteiger partial charge in [-0.3, -0.25) is 0 Å². The standard InChI is InChI=1S/C16H17Cl2NO3/c1-20-14-5-4-11(8-12(14)17)19-9-10-6-13(18)16(22-3)15(7-10)21-2/h4-8,19H,9H2,1-3H3. The molecule has 6 heteroatoms. The zero-order valence-electron chi connectivity index (χ0n) is 12.6. The quantitative estimate of drug-likeness (QED) is 0.831. The maximum Gasteiger partial charge on any atom is 0.179 e. The molecule has 2 aromatic rings. The Hall–Kier alpha value is -1.78. The zero-order chi connectivity index (χ0) is 16.1. The fourth-order valence-electron chi connectivity index (χ4n) is 2.05. The number of hydrogen-bond donors (Lipinski definition) is 1. The summed E-state index contributed by atoms with van der Waals surface area (Å²) in [4.78, 5) is 0. The molecule has 2 aromatic carbocycles. The van der Waals surface area contributed by atoms with Crippen LogP contribution in [0.3, 0.4) is 0 Å². The third-order valence-electron chi connectivity index (χ3n) is 3.14. The van der Waals surface area contributed by atoms with Crippen LogP contribution in [0, 0.1) is 0 Å². The number of hydrogen-bond acceptors (Lipinski definition) is 4. The number of benzene rings is 2. The van der Waals surface area contributed by atoms with Gasteiger partial charge < -0.3 is 19.5 Å². The van der Waals surface area contributed by atoms with Crippen molar-refractivity contribution in [1.29, 1.82) is 0 Å². The Morgan fingerprint density at radius 1 is 0.864 bits per heavy atom. The van der Waals surface area contributed by atoms with Crippen LogP contribution in [0.5, 0.6) is 17.2 Å². The molecule has 0 atom stereocenters. The van der Waals surface area contributed by atoms with Gasteiger partial charge in [0.1, 0.15) is 5.75 Å². The van der Waals surface area contributed by atoms with Crippen LogP contribution in [-0.2, 0) is 6.54 Å². The highest BCUT2D eigenvalue weighted by Gasteiger charge is 2.11. The lowest BCUT2D eigenvalue weighted by Crippen LogP contribution is -2.01. The third-order valence-corrected chi connectivity index (χ3v) is 3.72. The number of methoxy groups -OCH3 is 3.